The van der Waals surface area contributed by atoms with Crippen LogP contribution in [0.1, 0.15) is 30.4 Å². The molecule has 2 rings (SSSR count). The molecule has 0 N–H and O–H groups in total. The van der Waals surface area contributed by atoms with Crippen LogP contribution < -0.4 is 14.2 Å². The van der Waals surface area contributed by atoms with Gasteiger partial charge in [0.25, 0.3) is 0 Å². The third-order valence-electron chi connectivity index (χ3n) is 4.57. The van der Waals surface area contributed by atoms with Crippen LogP contribution in [0.3, 0.4) is 0 Å². The Morgan fingerprint density at radius 2 is 1.73 bits per heavy atom. The molecule has 0 saturated carbocycles. The van der Waals surface area contributed by atoms with Gasteiger partial charge in [-0.3, -0.25) is 4.99 Å². The number of rotatable bonds is 11. The fourth-order valence-electron chi connectivity index (χ4n) is 2.94. The molecule has 30 heavy (non-hydrogen) atoms. The van der Waals surface area contributed by atoms with E-state index in [9.17, 15) is 5.26 Å². The molecule has 0 heterocycles. The first-order valence-electron chi connectivity index (χ1n) is 9.80. The highest BCUT2D eigenvalue weighted by Crippen LogP contribution is 2.30. The highest BCUT2D eigenvalue weighted by Gasteiger charge is 2.12. The fourth-order valence-corrected chi connectivity index (χ4v) is 2.94. The maximum absolute atomic E-state index is 9.82. The van der Waals surface area contributed by atoms with Crippen LogP contribution in [0.4, 0.5) is 0 Å². The minimum absolute atomic E-state index is 0.397. The number of methoxy groups -OCH3 is 3. The Labute approximate surface area is 178 Å². The van der Waals surface area contributed by atoms with Gasteiger partial charge in [0.2, 0.25) is 0 Å². The molecule has 0 spiro atoms. The summed E-state index contributed by atoms with van der Waals surface area (Å²) >= 11 is 0. The van der Waals surface area contributed by atoms with Gasteiger partial charge in [0, 0.05) is 12.1 Å². The summed E-state index contributed by atoms with van der Waals surface area (Å²) in [5.41, 5.74) is 2.91. The molecule has 0 aliphatic carbocycles. The molecular weight excluding hydrogens is 376 g/mol. The number of aliphatic imine (C=N–C) groups is 1. The van der Waals surface area contributed by atoms with Gasteiger partial charge in [0.05, 0.1) is 21.3 Å². The van der Waals surface area contributed by atoms with E-state index in [1.54, 1.807) is 21.3 Å². The Morgan fingerprint density at radius 1 is 1.00 bits per heavy atom. The van der Waals surface area contributed by atoms with Gasteiger partial charge < -0.3 is 14.2 Å². The average molecular weight is 405 g/mol. The second-order valence-electron chi connectivity index (χ2n) is 6.53. The molecule has 0 bridgehead atoms. The van der Waals surface area contributed by atoms with Crippen molar-refractivity contribution in [1.29, 1.82) is 5.26 Å². The van der Waals surface area contributed by atoms with Crippen LogP contribution in [-0.2, 0) is 0 Å². The van der Waals surface area contributed by atoms with E-state index in [1.807, 2.05) is 54.6 Å². The van der Waals surface area contributed by atoms with Crippen LogP contribution in [-0.4, -0.2) is 33.6 Å². The Morgan fingerprint density at radius 3 is 2.33 bits per heavy atom. The number of hydrogen-bond donors (Lipinski definition) is 0. The summed E-state index contributed by atoms with van der Waals surface area (Å²) in [6, 6.07) is 15.5. The van der Waals surface area contributed by atoms with E-state index in [-0.39, 0.29) is 0 Å². The largest absolute Gasteiger partial charge is 0.497 e. The Bertz CT molecular complexity index is 938. The lowest BCUT2D eigenvalue weighted by Gasteiger charge is -2.11. The lowest BCUT2D eigenvalue weighted by Crippen LogP contribution is -2.02. The topological polar surface area (TPSA) is 63.8 Å². The zero-order valence-corrected chi connectivity index (χ0v) is 17.9. The molecule has 5 nitrogen and oxygen atoms in total. The van der Waals surface area contributed by atoms with Crippen molar-refractivity contribution in [2.24, 2.45) is 4.99 Å². The zero-order valence-electron chi connectivity index (χ0n) is 17.9. The summed E-state index contributed by atoms with van der Waals surface area (Å²) in [4.78, 5) is 4.57. The van der Waals surface area contributed by atoms with Crippen molar-refractivity contribution in [1.82, 2.24) is 0 Å². The molecule has 2 aromatic rings. The SMILES string of the molecule is C=CCCCCN=C(C#N)/C(=C/c1ccc(OC)c(OC)c1)c1ccc(OC)cc1. The van der Waals surface area contributed by atoms with Gasteiger partial charge in [-0.1, -0.05) is 24.3 Å². The molecule has 0 aromatic heterocycles. The Kier molecular flexibility index (Phi) is 9.20. The van der Waals surface area contributed by atoms with E-state index in [0.717, 1.165) is 41.7 Å². The number of hydrogen-bond acceptors (Lipinski definition) is 5. The molecule has 0 radical (unpaired) electrons. The number of benzene rings is 2. The molecule has 0 atom stereocenters. The second kappa shape index (κ2) is 12.1. The molecule has 156 valence electrons. The predicted octanol–water partition coefficient (Wildman–Crippen LogP) is 5.57. The highest BCUT2D eigenvalue weighted by molar-refractivity contribution is 6.34. The first-order chi connectivity index (χ1) is 14.7. The number of unbranched alkanes of at least 4 members (excludes halogenated alkanes) is 2. The Balaban J connectivity index is 2.46. The number of nitriles is 1. The summed E-state index contributed by atoms with van der Waals surface area (Å²) in [5, 5.41) is 9.82. The quantitative estimate of drug-likeness (QED) is 0.212. The standard InChI is InChI=1S/C25H28N2O3/c1-5-6-7-8-15-27-23(18-26)22(20-10-12-21(28-2)13-11-20)16-19-9-14-24(29-3)25(17-19)30-4/h5,9-14,16-17H,1,6-8,15H2,2-4H3/b22-16+,27-23?. The van der Waals surface area contributed by atoms with Crippen molar-refractivity contribution in [3.8, 4) is 23.3 Å². The molecular formula is C25H28N2O3. The van der Waals surface area contributed by atoms with Gasteiger partial charge >= 0.3 is 0 Å². The molecule has 0 aliphatic heterocycles. The maximum Gasteiger partial charge on any atom is 0.161 e. The summed E-state index contributed by atoms with van der Waals surface area (Å²) in [5.74, 6) is 2.03. The second-order valence-corrected chi connectivity index (χ2v) is 6.53. The van der Waals surface area contributed by atoms with E-state index < -0.39 is 0 Å². The highest BCUT2D eigenvalue weighted by atomic mass is 16.5. The summed E-state index contributed by atoms with van der Waals surface area (Å²) in [6.07, 6.45) is 6.70. The molecule has 0 saturated heterocycles. The van der Waals surface area contributed by atoms with Gasteiger partial charge in [-0.15, -0.1) is 6.58 Å². The summed E-state index contributed by atoms with van der Waals surface area (Å²) in [7, 11) is 4.82. The van der Waals surface area contributed by atoms with Gasteiger partial charge in [-0.2, -0.15) is 5.26 Å². The van der Waals surface area contributed by atoms with Crippen LogP contribution in [0.2, 0.25) is 0 Å². The van der Waals surface area contributed by atoms with Crippen molar-refractivity contribution < 1.29 is 14.2 Å². The lowest BCUT2D eigenvalue weighted by molar-refractivity contribution is 0.355. The van der Waals surface area contributed by atoms with Gasteiger partial charge in [0.1, 0.15) is 17.5 Å². The molecule has 0 fully saturated rings. The van der Waals surface area contributed by atoms with Crippen molar-refractivity contribution >= 4 is 17.4 Å². The molecule has 0 aliphatic rings. The minimum atomic E-state index is 0.397. The lowest BCUT2D eigenvalue weighted by atomic mass is 9.98. The van der Waals surface area contributed by atoms with E-state index in [1.165, 1.54) is 0 Å². The van der Waals surface area contributed by atoms with Gasteiger partial charge in [-0.25, -0.2) is 0 Å². The van der Waals surface area contributed by atoms with Crippen molar-refractivity contribution in [3.63, 3.8) is 0 Å². The smallest absolute Gasteiger partial charge is 0.161 e. The molecule has 5 heteroatoms. The van der Waals surface area contributed by atoms with Gasteiger partial charge in [-0.05, 0) is 60.7 Å². The number of allylic oxidation sites excluding steroid dienone is 2. The monoisotopic (exact) mass is 404 g/mol. The Hall–Kier alpha value is -3.52. The zero-order chi connectivity index (χ0) is 21.8. The third-order valence-corrected chi connectivity index (χ3v) is 4.57. The first kappa shape index (κ1) is 22.8. The molecule has 0 amide bonds. The normalized spacial score (nSPS) is 11.5. The minimum Gasteiger partial charge on any atom is -0.497 e. The van der Waals surface area contributed by atoms with E-state index in [0.29, 0.717) is 23.8 Å². The molecule has 2 aromatic carbocycles. The van der Waals surface area contributed by atoms with Crippen molar-refractivity contribution in [2.45, 2.75) is 19.3 Å². The van der Waals surface area contributed by atoms with Crippen LogP contribution >= 0.6 is 0 Å². The van der Waals surface area contributed by atoms with Crippen LogP contribution in [0.25, 0.3) is 11.6 Å². The fraction of sp³-hybridized carbons (Fsp3) is 0.280. The number of nitrogens with zero attached hydrogens (tertiary/aromatic N) is 2. The molecule has 0 unspecified atom stereocenters. The number of ether oxygens (including phenoxy) is 3. The van der Waals surface area contributed by atoms with Crippen LogP contribution in [0.5, 0.6) is 17.2 Å². The average Bonchev–Trinajstić information content (AvgIpc) is 2.80. The first-order valence-corrected chi connectivity index (χ1v) is 9.80. The van der Waals surface area contributed by atoms with E-state index in [4.69, 9.17) is 14.2 Å². The summed E-state index contributed by atoms with van der Waals surface area (Å²) < 4.78 is 16.0. The van der Waals surface area contributed by atoms with Crippen LogP contribution in [0.15, 0.2) is 60.1 Å². The van der Waals surface area contributed by atoms with Gasteiger partial charge in [0.15, 0.2) is 11.5 Å². The third kappa shape index (κ3) is 6.25. The van der Waals surface area contributed by atoms with Crippen molar-refractivity contribution in [3.05, 3.63) is 66.2 Å². The van der Waals surface area contributed by atoms with Crippen LogP contribution in [0, 0.1) is 11.3 Å². The summed E-state index contributed by atoms with van der Waals surface area (Å²) in [6.45, 7) is 4.33. The van der Waals surface area contributed by atoms with E-state index >= 15 is 0 Å². The predicted molar refractivity (Wildman–Crippen MR) is 122 cm³/mol. The van der Waals surface area contributed by atoms with Crippen molar-refractivity contribution in [2.75, 3.05) is 27.9 Å². The maximum atomic E-state index is 9.82. The van der Waals surface area contributed by atoms with E-state index in [2.05, 4.69) is 17.6 Å².